The Morgan fingerprint density at radius 1 is 1.06 bits per heavy atom. The smallest absolute Gasteiger partial charge is 0.217 e. The lowest BCUT2D eigenvalue weighted by molar-refractivity contribution is -0.120. The molecule has 0 heterocycles. The van der Waals surface area contributed by atoms with Gasteiger partial charge in [-0.25, -0.2) is 8.78 Å². The van der Waals surface area contributed by atoms with Crippen molar-refractivity contribution in [2.45, 2.75) is 64.1 Å². The van der Waals surface area contributed by atoms with Crippen LogP contribution in [0.15, 0.2) is 42.5 Å². The molecule has 0 aliphatic heterocycles. The van der Waals surface area contributed by atoms with E-state index in [9.17, 15) is 18.7 Å². The van der Waals surface area contributed by atoms with Gasteiger partial charge in [0.05, 0.1) is 12.1 Å². The van der Waals surface area contributed by atoms with Gasteiger partial charge >= 0.3 is 0 Å². The summed E-state index contributed by atoms with van der Waals surface area (Å²) < 4.78 is 27.1. The number of hydrogen-bond acceptors (Lipinski definition) is 3. The van der Waals surface area contributed by atoms with Crippen molar-refractivity contribution in [3.05, 3.63) is 70.8 Å². The zero-order valence-corrected chi connectivity index (χ0v) is 18.4. The highest BCUT2D eigenvalue weighted by Gasteiger charge is 2.44. The van der Waals surface area contributed by atoms with Gasteiger partial charge in [-0.1, -0.05) is 38.1 Å². The van der Waals surface area contributed by atoms with Gasteiger partial charge in [0.25, 0.3) is 0 Å². The molecule has 3 rings (SSSR count). The zero-order chi connectivity index (χ0) is 22.6. The monoisotopic (exact) mass is 430 g/mol. The van der Waals surface area contributed by atoms with Crippen LogP contribution in [0.1, 0.15) is 50.3 Å². The van der Waals surface area contributed by atoms with Gasteiger partial charge in [0.15, 0.2) is 0 Å². The number of aliphatic hydroxyl groups excluding tert-OH is 1. The number of nitrogens with one attached hydrogen (secondary N) is 2. The third-order valence-corrected chi connectivity index (χ3v) is 5.75. The van der Waals surface area contributed by atoms with E-state index in [2.05, 4.69) is 48.7 Å². The van der Waals surface area contributed by atoms with E-state index in [1.54, 1.807) is 0 Å². The lowest BCUT2D eigenvalue weighted by Gasteiger charge is -2.27. The number of benzene rings is 2. The van der Waals surface area contributed by atoms with Gasteiger partial charge in [-0.15, -0.1) is 0 Å². The van der Waals surface area contributed by atoms with E-state index in [1.807, 2.05) is 0 Å². The minimum atomic E-state index is -0.911. The lowest BCUT2D eigenvalue weighted by atomic mass is 9.96. The van der Waals surface area contributed by atoms with Crippen LogP contribution < -0.4 is 10.6 Å². The average Bonchev–Trinajstić information content (AvgIpc) is 3.45. The fourth-order valence-corrected chi connectivity index (χ4v) is 4.13. The van der Waals surface area contributed by atoms with Crippen LogP contribution in [0.4, 0.5) is 8.78 Å². The highest BCUT2D eigenvalue weighted by atomic mass is 19.1. The van der Waals surface area contributed by atoms with Crippen molar-refractivity contribution >= 4 is 5.91 Å². The van der Waals surface area contributed by atoms with E-state index in [-0.39, 0.29) is 24.4 Å². The highest BCUT2D eigenvalue weighted by Crippen LogP contribution is 2.45. The molecule has 31 heavy (non-hydrogen) atoms. The van der Waals surface area contributed by atoms with Crippen molar-refractivity contribution in [1.82, 2.24) is 10.6 Å². The molecule has 1 aliphatic rings. The Kier molecular flexibility index (Phi) is 7.44. The molecule has 1 aliphatic carbocycles. The zero-order valence-electron chi connectivity index (χ0n) is 18.4. The fraction of sp³-hybridized carbons (Fsp3) is 0.480. The van der Waals surface area contributed by atoms with Crippen LogP contribution >= 0.6 is 0 Å². The normalized spacial score (nSPS) is 16.7. The van der Waals surface area contributed by atoms with Crippen molar-refractivity contribution in [3.8, 4) is 0 Å². The maximum absolute atomic E-state index is 13.6. The Hall–Kier alpha value is -2.31. The summed E-state index contributed by atoms with van der Waals surface area (Å²) in [6.45, 7) is 6.01. The van der Waals surface area contributed by atoms with E-state index in [0.29, 0.717) is 11.5 Å². The maximum Gasteiger partial charge on any atom is 0.217 e. The summed E-state index contributed by atoms with van der Waals surface area (Å²) in [7, 11) is 0. The number of rotatable bonds is 10. The van der Waals surface area contributed by atoms with Crippen LogP contribution in [0, 0.1) is 17.6 Å². The van der Waals surface area contributed by atoms with Gasteiger partial charge in [-0.2, -0.15) is 0 Å². The molecule has 3 N–H and O–H groups in total. The quantitative estimate of drug-likeness (QED) is 0.537. The molecule has 1 fully saturated rings. The molecule has 6 heteroatoms. The topological polar surface area (TPSA) is 61.4 Å². The Bertz CT molecular complexity index is 892. The molecule has 0 aromatic heterocycles. The second-order valence-electron chi connectivity index (χ2n) is 9.12. The summed E-state index contributed by atoms with van der Waals surface area (Å²) in [6, 6.07) is 11.1. The van der Waals surface area contributed by atoms with Gasteiger partial charge in [0, 0.05) is 25.1 Å². The molecular weight excluding hydrogens is 398 g/mol. The van der Waals surface area contributed by atoms with Crippen molar-refractivity contribution in [2.24, 2.45) is 5.92 Å². The summed E-state index contributed by atoms with van der Waals surface area (Å²) >= 11 is 0. The summed E-state index contributed by atoms with van der Waals surface area (Å²) in [4.78, 5) is 11.7. The average molecular weight is 431 g/mol. The predicted octanol–water partition coefficient (Wildman–Crippen LogP) is 3.85. The van der Waals surface area contributed by atoms with Crippen molar-refractivity contribution < 1.29 is 18.7 Å². The van der Waals surface area contributed by atoms with Gasteiger partial charge in [0.1, 0.15) is 11.6 Å². The summed E-state index contributed by atoms with van der Waals surface area (Å²) in [5.41, 5.74) is 2.73. The molecule has 0 saturated heterocycles. The molecule has 2 aromatic carbocycles. The van der Waals surface area contributed by atoms with Crippen molar-refractivity contribution in [2.75, 3.05) is 6.54 Å². The van der Waals surface area contributed by atoms with Crippen LogP contribution in [0.5, 0.6) is 0 Å². The molecule has 0 bridgehead atoms. The van der Waals surface area contributed by atoms with E-state index in [1.165, 1.54) is 30.2 Å². The van der Waals surface area contributed by atoms with Gasteiger partial charge in [0.2, 0.25) is 5.91 Å². The Morgan fingerprint density at radius 3 is 2.32 bits per heavy atom. The molecule has 4 nitrogen and oxygen atoms in total. The van der Waals surface area contributed by atoms with Crippen molar-refractivity contribution in [3.63, 3.8) is 0 Å². The predicted molar refractivity (Wildman–Crippen MR) is 118 cm³/mol. The Morgan fingerprint density at radius 2 is 1.74 bits per heavy atom. The second-order valence-corrected chi connectivity index (χ2v) is 9.12. The van der Waals surface area contributed by atoms with Gasteiger partial charge < -0.3 is 15.7 Å². The first kappa shape index (κ1) is 23.4. The number of aliphatic hydroxyl groups is 1. The molecule has 1 saturated carbocycles. The van der Waals surface area contributed by atoms with Crippen LogP contribution in [-0.4, -0.2) is 29.7 Å². The van der Waals surface area contributed by atoms with Crippen LogP contribution in [-0.2, 0) is 23.2 Å². The first-order chi connectivity index (χ1) is 14.7. The number of amides is 1. The summed E-state index contributed by atoms with van der Waals surface area (Å²) in [5, 5.41) is 17.0. The molecule has 2 atom stereocenters. The third-order valence-electron chi connectivity index (χ3n) is 5.75. The molecule has 0 unspecified atom stereocenters. The van der Waals surface area contributed by atoms with Crippen LogP contribution in [0.3, 0.4) is 0 Å². The second kappa shape index (κ2) is 9.88. The van der Waals surface area contributed by atoms with E-state index >= 15 is 0 Å². The standard InChI is InChI=1S/C25H32F2N2O2/c1-16(2)9-18-5-4-6-20(10-18)25(7-8-25)28-15-24(31)23(29-17(3)30)13-19-11-21(26)14-22(27)12-19/h4-6,10-12,14,16,23-24,28,31H,7-9,13,15H2,1-3H3,(H,29,30)/t23-,24+/m0/s1. The number of halogens is 2. The van der Waals surface area contributed by atoms with Crippen molar-refractivity contribution in [1.29, 1.82) is 0 Å². The summed E-state index contributed by atoms with van der Waals surface area (Å²) in [5.74, 6) is -1.08. The molecule has 1 amide bonds. The summed E-state index contributed by atoms with van der Waals surface area (Å²) in [6.07, 6.45) is 2.19. The minimum absolute atomic E-state index is 0.133. The van der Waals surface area contributed by atoms with E-state index in [4.69, 9.17) is 0 Å². The Balaban J connectivity index is 1.67. The Labute approximate surface area is 183 Å². The molecule has 0 spiro atoms. The SMILES string of the molecule is CC(=O)N[C@@H](Cc1cc(F)cc(F)c1)[C@H](O)CNC1(c2cccc(CC(C)C)c2)CC1. The van der Waals surface area contributed by atoms with Crippen LogP contribution in [0.2, 0.25) is 0 Å². The largest absolute Gasteiger partial charge is 0.390 e. The van der Waals surface area contributed by atoms with Gasteiger partial charge in [-0.05, 0) is 60.4 Å². The molecular formula is C25H32F2N2O2. The highest BCUT2D eigenvalue weighted by molar-refractivity contribution is 5.73. The first-order valence-corrected chi connectivity index (χ1v) is 10.9. The first-order valence-electron chi connectivity index (χ1n) is 10.9. The molecule has 0 radical (unpaired) electrons. The fourth-order valence-electron chi connectivity index (χ4n) is 4.13. The number of carbonyl (C=O) groups is 1. The van der Waals surface area contributed by atoms with Gasteiger partial charge in [-0.3, -0.25) is 4.79 Å². The molecule has 2 aromatic rings. The van der Waals surface area contributed by atoms with E-state index in [0.717, 1.165) is 25.3 Å². The van der Waals surface area contributed by atoms with E-state index < -0.39 is 23.8 Å². The third kappa shape index (κ3) is 6.58. The number of carbonyl (C=O) groups excluding carboxylic acids is 1. The lowest BCUT2D eigenvalue weighted by Crippen LogP contribution is -2.49. The van der Waals surface area contributed by atoms with Crippen LogP contribution in [0.25, 0.3) is 0 Å². The minimum Gasteiger partial charge on any atom is -0.390 e. The molecule has 168 valence electrons. The maximum atomic E-state index is 13.6. The number of hydrogen-bond donors (Lipinski definition) is 3.